The fourth-order valence-corrected chi connectivity index (χ4v) is 4.67. The zero-order chi connectivity index (χ0) is 23.8. The number of aryl methyl sites for hydroxylation is 1. The predicted octanol–water partition coefficient (Wildman–Crippen LogP) is 4.93. The molecule has 7 nitrogen and oxygen atoms in total. The van der Waals surface area contributed by atoms with Crippen molar-refractivity contribution in [3.8, 4) is 11.6 Å². The number of ether oxygens (including phenoxy) is 1. The number of hydrogen-bond acceptors (Lipinski definition) is 7. The molecule has 4 heterocycles. The fourth-order valence-electron chi connectivity index (χ4n) is 3.43. The van der Waals surface area contributed by atoms with Gasteiger partial charge in [0.15, 0.2) is 0 Å². The van der Waals surface area contributed by atoms with E-state index in [-0.39, 0.29) is 28.8 Å². The van der Waals surface area contributed by atoms with E-state index >= 15 is 0 Å². The number of nitrogens with zero attached hydrogens (tertiary/aromatic N) is 3. The van der Waals surface area contributed by atoms with Crippen LogP contribution < -0.4 is 10.3 Å². The van der Waals surface area contributed by atoms with Crippen LogP contribution in [0.1, 0.15) is 16.9 Å². The van der Waals surface area contributed by atoms with Gasteiger partial charge in [-0.1, -0.05) is 30.0 Å². The Bertz CT molecular complexity index is 1510. The summed E-state index contributed by atoms with van der Waals surface area (Å²) in [4.78, 5) is 32.7. The highest BCUT2D eigenvalue weighted by atomic mass is 32.2. The summed E-state index contributed by atoms with van der Waals surface area (Å²) in [5.41, 5.74) is 0.833. The Morgan fingerprint density at radius 1 is 1.18 bits per heavy atom. The molecule has 0 aliphatic carbocycles. The highest BCUT2D eigenvalue weighted by molar-refractivity contribution is 8.26. The Balaban J connectivity index is 1.60. The van der Waals surface area contributed by atoms with Gasteiger partial charge in [-0.3, -0.25) is 18.9 Å². The van der Waals surface area contributed by atoms with Crippen molar-refractivity contribution in [1.82, 2.24) is 14.3 Å². The lowest BCUT2D eigenvalue weighted by molar-refractivity contribution is -0.122. The van der Waals surface area contributed by atoms with Crippen LogP contribution in [-0.2, 0) is 11.3 Å². The number of thiocarbonyl (C=S) groups is 1. The van der Waals surface area contributed by atoms with Crippen molar-refractivity contribution >= 4 is 45.9 Å². The summed E-state index contributed by atoms with van der Waals surface area (Å²) in [6.45, 7) is 2.00. The lowest BCUT2D eigenvalue weighted by atomic mass is 10.2. The molecule has 0 bridgehead atoms. The van der Waals surface area contributed by atoms with E-state index in [1.807, 2.05) is 13.0 Å². The van der Waals surface area contributed by atoms with Gasteiger partial charge in [0.05, 0.1) is 17.7 Å². The van der Waals surface area contributed by atoms with Gasteiger partial charge in [-0.2, -0.15) is 4.98 Å². The minimum Gasteiger partial charge on any atom is -0.467 e. The van der Waals surface area contributed by atoms with Crippen molar-refractivity contribution in [1.29, 1.82) is 0 Å². The summed E-state index contributed by atoms with van der Waals surface area (Å²) in [5.74, 6) is 0.109. The third-order valence-corrected chi connectivity index (χ3v) is 6.50. The summed E-state index contributed by atoms with van der Waals surface area (Å²) in [6, 6.07) is 12.4. The quantitative estimate of drug-likeness (QED) is 0.288. The van der Waals surface area contributed by atoms with E-state index in [2.05, 4.69) is 4.98 Å². The van der Waals surface area contributed by atoms with Crippen LogP contribution in [0, 0.1) is 12.7 Å². The first-order valence-corrected chi connectivity index (χ1v) is 11.4. The monoisotopic (exact) mass is 493 g/mol. The Labute approximate surface area is 202 Å². The molecule has 0 spiro atoms. The van der Waals surface area contributed by atoms with Gasteiger partial charge in [-0.25, -0.2) is 4.39 Å². The number of thioether (sulfide) groups is 1. The molecule has 1 aliphatic rings. The minimum absolute atomic E-state index is 0.00205. The summed E-state index contributed by atoms with van der Waals surface area (Å²) in [5, 5.41) is 0. The molecule has 3 aromatic heterocycles. The average molecular weight is 494 g/mol. The molecule has 4 aromatic rings. The molecule has 170 valence electrons. The molecule has 1 aromatic carbocycles. The first kappa shape index (κ1) is 22.1. The van der Waals surface area contributed by atoms with Gasteiger partial charge in [0.1, 0.15) is 32.9 Å². The number of benzene rings is 1. The lowest BCUT2D eigenvalue weighted by Crippen LogP contribution is -2.27. The van der Waals surface area contributed by atoms with Crippen LogP contribution in [0.2, 0.25) is 0 Å². The maximum Gasteiger partial charge on any atom is 0.269 e. The molecular weight excluding hydrogens is 477 g/mol. The number of hydrogen-bond donors (Lipinski definition) is 0. The summed E-state index contributed by atoms with van der Waals surface area (Å²) in [7, 11) is 0. The maximum atomic E-state index is 13.4. The number of amides is 1. The van der Waals surface area contributed by atoms with E-state index in [9.17, 15) is 14.0 Å². The van der Waals surface area contributed by atoms with Gasteiger partial charge in [-0.15, -0.1) is 0 Å². The average Bonchev–Trinajstić information content (AvgIpc) is 3.42. The molecule has 0 atom stereocenters. The first-order chi connectivity index (χ1) is 16.4. The lowest BCUT2D eigenvalue weighted by Gasteiger charge is -2.12. The number of halogens is 1. The normalized spacial score (nSPS) is 15.0. The number of pyridine rings is 1. The molecule has 0 unspecified atom stereocenters. The van der Waals surface area contributed by atoms with E-state index < -0.39 is 11.4 Å². The van der Waals surface area contributed by atoms with Crippen molar-refractivity contribution < 1.29 is 18.3 Å². The fraction of sp³-hybridized carbons (Fsp3) is 0.0833. The number of furan rings is 1. The molecule has 0 N–H and O–H groups in total. The number of carbonyl (C=O) groups is 1. The highest BCUT2D eigenvalue weighted by Gasteiger charge is 2.33. The van der Waals surface area contributed by atoms with Crippen molar-refractivity contribution in [2.75, 3.05) is 0 Å². The van der Waals surface area contributed by atoms with Crippen LogP contribution in [0.15, 0.2) is 75.1 Å². The van der Waals surface area contributed by atoms with Crippen LogP contribution in [0.3, 0.4) is 0 Å². The molecule has 1 amide bonds. The third kappa shape index (κ3) is 4.13. The molecule has 0 radical (unpaired) electrons. The standard InChI is InChI=1S/C24H16FN3O4S2/c1-14-4-2-10-27-20(14)26-21(32-16-8-6-15(25)7-9-16)18(22(27)29)12-19-23(30)28(24(33)34-19)13-17-5-3-11-31-17/h2-12H,13H2,1H3/b19-12-. The second-order valence-corrected chi connectivity index (χ2v) is 9.10. The van der Waals surface area contributed by atoms with E-state index in [1.54, 1.807) is 24.4 Å². The largest absolute Gasteiger partial charge is 0.467 e. The molecule has 1 aliphatic heterocycles. The molecular formula is C24H16FN3O4S2. The van der Waals surface area contributed by atoms with Gasteiger partial charge in [0.25, 0.3) is 11.5 Å². The molecule has 5 rings (SSSR count). The number of carbonyl (C=O) groups excluding carboxylic acids is 1. The van der Waals surface area contributed by atoms with E-state index in [0.717, 1.165) is 17.3 Å². The Hall–Kier alpha value is -3.76. The number of fused-ring (bicyclic) bond motifs is 1. The van der Waals surface area contributed by atoms with Crippen molar-refractivity contribution in [2.24, 2.45) is 0 Å². The van der Waals surface area contributed by atoms with E-state index in [0.29, 0.717) is 21.5 Å². The van der Waals surface area contributed by atoms with Gasteiger partial charge in [0.2, 0.25) is 5.88 Å². The molecule has 34 heavy (non-hydrogen) atoms. The van der Waals surface area contributed by atoms with Crippen LogP contribution in [0.5, 0.6) is 11.6 Å². The smallest absolute Gasteiger partial charge is 0.269 e. The Kier molecular flexibility index (Phi) is 5.76. The van der Waals surface area contributed by atoms with Crippen LogP contribution in [0.25, 0.3) is 11.7 Å². The van der Waals surface area contributed by atoms with Gasteiger partial charge in [-0.05, 0) is 61.0 Å². The molecule has 1 fully saturated rings. The third-order valence-electron chi connectivity index (χ3n) is 5.12. The van der Waals surface area contributed by atoms with Crippen molar-refractivity contribution in [3.05, 3.63) is 99.0 Å². The van der Waals surface area contributed by atoms with Gasteiger partial charge >= 0.3 is 0 Å². The summed E-state index contributed by atoms with van der Waals surface area (Å²) < 4.78 is 26.3. The minimum atomic E-state index is -0.421. The van der Waals surface area contributed by atoms with E-state index in [1.165, 1.54) is 45.9 Å². The zero-order valence-corrected chi connectivity index (χ0v) is 19.4. The van der Waals surface area contributed by atoms with Crippen molar-refractivity contribution in [2.45, 2.75) is 13.5 Å². The van der Waals surface area contributed by atoms with Crippen LogP contribution in [0.4, 0.5) is 4.39 Å². The van der Waals surface area contributed by atoms with Gasteiger partial charge < -0.3 is 9.15 Å². The Morgan fingerprint density at radius 2 is 1.97 bits per heavy atom. The molecule has 0 saturated carbocycles. The van der Waals surface area contributed by atoms with E-state index in [4.69, 9.17) is 21.4 Å². The Morgan fingerprint density at radius 3 is 2.71 bits per heavy atom. The predicted molar refractivity (Wildman–Crippen MR) is 130 cm³/mol. The number of rotatable bonds is 5. The van der Waals surface area contributed by atoms with Crippen LogP contribution >= 0.6 is 24.0 Å². The SMILES string of the molecule is Cc1cccn2c(=O)c(/C=C3\SC(=S)N(Cc4ccco4)C3=O)c(Oc3ccc(F)cc3)nc12. The second-order valence-electron chi connectivity index (χ2n) is 7.42. The molecule has 1 saturated heterocycles. The maximum absolute atomic E-state index is 13.4. The molecule has 10 heteroatoms. The summed E-state index contributed by atoms with van der Waals surface area (Å²) >= 11 is 6.46. The van der Waals surface area contributed by atoms with Gasteiger partial charge in [0, 0.05) is 6.20 Å². The summed E-state index contributed by atoms with van der Waals surface area (Å²) in [6.07, 6.45) is 4.55. The zero-order valence-electron chi connectivity index (χ0n) is 17.7. The topological polar surface area (TPSA) is 77.0 Å². The van der Waals surface area contributed by atoms with Crippen molar-refractivity contribution in [3.63, 3.8) is 0 Å². The number of aromatic nitrogens is 2. The highest BCUT2D eigenvalue weighted by Crippen LogP contribution is 2.35. The van der Waals surface area contributed by atoms with Crippen LogP contribution in [-0.4, -0.2) is 24.5 Å². The second kappa shape index (κ2) is 8.88. The first-order valence-electron chi connectivity index (χ1n) is 10.1.